The highest BCUT2D eigenvalue weighted by Crippen LogP contribution is 2.24. The zero-order valence-corrected chi connectivity index (χ0v) is 10.8. The molecule has 0 saturated heterocycles. The molecule has 20 heavy (non-hydrogen) atoms. The first-order valence-corrected chi connectivity index (χ1v) is 6.44. The molecule has 1 heterocycles. The topological polar surface area (TPSA) is 63.4 Å². The van der Waals surface area contributed by atoms with Gasteiger partial charge in [0.25, 0.3) is 11.8 Å². The molecule has 1 atom stereocenters. The maximum Gasteiger partial charge on any atom is 0.261 e. The van der Waals surface area contributed by atoms with E-state index >= 15 is 0 Å². The number of imide groups is 1. The minimum Gasteiger partial charge on any atom is -0.322 e. The molecule has 0 saturated carbocycles. The number of benzene rings is 2. The Kier molecular flexibility index (Phi) is 3.08. The number of rotatable bonds is 3. The van der Waals surface area contributed by atoms with Gasteiger partial charge < -0.3 is 5.73 Å². The molecule has 2 aromatic carbocycles. The lowest BCUT2D eigenvalue weighted by molar-refractivity contribution is 0.0645. The second kappa shape index (κ2) is 4.90. The van der Waals surface area contributed by atoms with Crippen LogP contribution in [0.2, 0.25) is 0 Å². The van der Waals surface area contributed by atoms with Crippen molar-refractivity contribution in [1.82, 2.24) is 4.90 Å². The zero-order chi connectivity index (χ0) is 14.1. The molecule has 2 aromatic rings. The number of hydrogen-bond donors (Lipinski definition) is 1. The molecule has 2 amide bonds. The molecule has 1 aliphatic rings. The summed E-state index contributed by atoms with van der Waals surface area (Å²) in [4.78, 5) is 25.7. The molecule has 0 aromatic heterocycles. The van der Waals surface area contributed by atoms with Gasteiger partial charge in [-0.3, -0.25) is 14.5 Å². The van der Waals surface area contributed by atoms with Crippen LogP contribution in [0.1, 0.15) is 32.3 Å². The van der Waals surface area contributed by atoms with Crippen molar-refractivity contribution in [2.75, 3.05) is 6.54 Å². The summed E-state index contributed by atoms with van der Waals surface area (Å²) in [6.45, 7) is 0.191. The number of nitrogens with zero attached hydrogens (tertiary/aromatic N) is 1. The van der Waals surface area contributed by atoms with Crippen LogP contribution in [0.15, 0.2) is 54.6 Å². The van der Waals surface area contributed by atoms with Gasteiger partial charge in [-0.25, -0.2) is 0 Å². The van der Waals surface area contributed by atoms with Crippen molar-refractivity contribution in [2.45, 2.75) is 6.04 Å². The van der Waals surface area contributed by atoms with Crippen LogP contribution in [0.4, 0.5) is 0 Å². The Balaban J connectivity index is 1.84. The number of hydrogen-bond acceptors (Lipinski definition) is 3. The second-order valence-electron chi connectivity index (χ2n) is 4.78. The van der Waals surface area contributed by atoms with Gasteiger partial charge in [-0.15, -0.1) is 0 Å². The number of carbonyl (C=O) groups is 2. The average Bonchev–Trinajstić information content (AvgIpc) is 2.74. The summed E-state index contributed by atoms with van der Waals surface area (Å²) in [5.41, 5.74) is 7.91. The molecule has 3 rings (SSSR count). The number of amides is 2. The van der Waals surface area contributed by atoms with Gasteiger partial charge in [-0.1, -0.05) is 42.5 Å². The Morgan fingerprint density at radius 3 is 1.90 bits per heavy atom. The average molecular weight is 266 g/mol. The van der Waals surface area contributed by atoms with Gasteiger partial charge in [0.15, 0.2) is 0 Å². The van der Waals surface area contributed by atoms with Gasteiger partial charge in [0.2, 0.25) is 0 Å². The van der Waals surface area contributed by atoms with E-state index < -0.39 is 0 Å². The van der Waals surface area contributed by atoms with Gasteiger partial charge >= 0.3 is 0 Å². The smallest absolute Gasteiger partial charge is 0.261 e. The summed E-state index contributed by atoms with van der Waals surface area (Å²) in [5.74, 6) is -0.533. The molecule has 0 unspecified atom stereocenters. The lowest BCUT2D eigenvalue weighted by atomic mass is 10.1. The normalized spacial score (nSPS) is 15.3. The van der Waals surface area contributed by atoms with E-state index in [0.29, 0.717) is 11.1 Å². The number of nitrogens with two attached hydrogens (primary N) is 1. The summed E-state index contributed by atoms with van der Waals surface area (Å²) in [5, 5.41) is 0. The zero-order valence-electron chi connectivity index (χ0n) is 10.8. The predicted octanol–water partition coefficient (Wildman–Crippen LogP) is 1.98. The van der Waals surface area contributed by atoms with Crippen molar-refractivity contribution in [3.63, 3.8) is 0 Å². The molecule has 4 heteroatoms. The third-order valence-electron chi connectivity index (χ3n) is 3.49. The monoisotopic (exact) mass is 266 g/mol. The minimum absolute atomic E-state index is 0.191. The van der Waals surface area contributed by atoms with Crippen LogP contribution < -0.4 is 5.73 Å². The molecule has 1 aliphatic heterocycles. The summed E-state index contributed by atoms with van der Waals surface area (Å²) in [7, 11) is 0. The van der Waals surface area contributed by atoms with Crippen LogP contribution in [0.5, 0.6) is 0 Å². The van der Waals surface area contributed by atoms with Gasteiger partial charge in [-0.05, 0) is 17.7 Å². The maximum absolute atomic E-state index is 12.2. The number of carbonyl (C=O) groups excluding carboxylic acids is 2. The van der Waals surface area contributed by atoms with Crippen LogP contribution in [0.25, 0.3) is 0 Å². The Morgan fingerprint density at radius 2 is 1.35 bits per heavy atom. The Bertz CT molecular complexity index is 632. The third-order valence-corrected chi connectivity index (χ3v) is 3.49. The highest BCUT2D eigenvalue weighted by molar-refractivity contribution is 6.21. The van der Waals surface area contributed by atoms with Gasteiger partial charge in [0.1, 0.15) is 0 Å². The SMILES string of the molecule is N[C@H](CN1C(=O)c2ccccc2C1=O)c1ccccc1. The van der Waals surface area contributed by atoms with Gasteiger partial charge in [-0.2, -0.15) is 0 Å². The molecule has 2 N–H and O–H groups in total. The molecule has 0 fully saturated rings. The summed E-state index contributed by atoms with van der Waals surface area (Å²) in [6, 6.07) is 15.9. The van der Waals surface area contributed by atoms with Crippen molar-refractivity contribution in [3.05, 3.63) is 71.3 Å². The van der Waals surface area contributed by atoms with Gasteiger partial charge in [0, 0.05) is 12.6 Å². The molecular weight excluding hydrogens is 252 g/mol. The Morgan fingerprint density at radius 1 is 0.850 bits per heavy atom. The van der Waals surface area contributed by atoms with Gasteiger partial charge in [0.05, 0.1) is 11.1 Å². The van der Waals surface area contributed by atoms with Crippen molar-refractivity contribution < 1.29 is 9.59 Å². The molecule has 4 nitrogen and oxygen atoms in total. The standard InChI is InChI=1S/C16H14N2O2/c17-14(11-6-2-1-3-7-11)10-18-15(19)12-8-4-5-9-13(12)16(18)20/h1-9,14H,10,17H2/t14-/m1/s1. The van der Waals surface area contributed by atoms with Crippen molar-refractivity contribution in [3.8, 4) is 0 Å². The largest absolute Gasteiger partial charge is 0.322 e. The first kappa shape index (κ1) is 12.6. The van der Waals surface area contributed by atoms with Crippen molar-refractivity contribution in [2.24, 2.45) is 5.73 Å². The molecule has 0 bridgehead atoms. The van der Waals surface area contributed by atoms with E-state index in [9.17, 15) is 9.59 Å². The fourth-order valence-corrected chi connectivity index (χ4v) is 2.41. The molecular formula is C16H14N2O2. The molecule has 0 aliphatic carbocycles. The van der Waals surface area contributed by atoms with E-state index in [1.165, 1.54) is 4.90 Å². The van der Waals surface area contributed by atoms with E-state index in [-0.39, 0.29) is 24.4 Å². The molecule has 100 valence electrons. The van der Waals surface area contributed by atoms with E-state index in [0.717, 1.165) is 5.56 Å². The van der Waals surface area contributed by atoms with E-state index in [1.54, 1.807) is 24.3 Å². The third kappa shape index (κ3) is 2.00. The Hall–Kier alpha value is -2.46. The molecule has 0 radical (unpaired) electrons. The van der Waals surface area contributed by atoms with Crippen LogP contribution >= 0.6 is 0 Å². The van der Waals surface area contributed by atoms with E-state index in [1.807, 2.05) is 30.3 Å². The summed E-state index contributed by atoms with van der Waals surface area (Å²) in [6.07, 6.45) is 0. The fourth-order valence-electron chi connectivity index (χ4n) is 2.41. The minimum atomic E-state index is -0.376. The highest BCUT2D eigenvalue weighted by atomic mass is 16.2. The summed E-state index contributed by atoms with van der Waals surface area (Å²) >= 11 is 0. The van der Waals surface area contributed by atoms with Crippen LogP contribution in [0, 0.1) is 0 Å². The second-order valence-corrected chi connectivity index (χ2v) is 4.78. The first-order chi connectivity index (χ1) is 9.68. The lowest BCUT2D eigenvalue weighted by Gasteiger charge is -2.19. The van der Waals surface area contributed by atoms with Crippen molar-refractivity contribution >= 4 is 11.8 Å². The van der Waals surface area contributed by atoms with Crippen LogP contribution in [-0.4, -0.2) is 23.3 Å². The van der Waals surface area contributed by atoms with Crippen molar-refractivity contribution in [1.29, 1.82) is 0 Å². The van der Waals surface area contributed by atoms with E-state index in [2.05, 4.69) is 0 Å². The van der Waals surface area contributed by atoms with Crippen LogP contribution in [-0.2, 0) is 0 Å². The fraction of sp³-hybridized carbons (Fsp3) is 0.125. The first-order valence-electron chi connectivity index (χ1n) is 6.44. The van der Waals surface area contributed by atoms with Crippen LogP contribution in [0.3, 0.4) is 0 Å². The Labute approximate surface area is 116 Å². The summed E-state index contributed by atoms with van der Waals surface area (Å²) < 4.78 is 0. The predicted molar refractivity (Wildman–Crippen MR) is 75.2 cm³/mol. The quantitative estimate of drug-likeness (QED) is 0.864. The van der Waals surface area contributed by atoms with E-state index in [4.69, 9.17) is 5.73 Å². The highest BCUT2D eigenvalue weighted by Gasteiger charge is 2.35. The maximum atomic E-state index is 12.2. The lowest BCUT2D eigenvalue weighted by Crippen LogP contribution is -2.36. The molecule has 0 spiro atoms. The number of fused-ring (bicyclic) bond motifs is 1.